The van der Waals surface area contributed by atoms with Crippen LogP contribution in [0.4, 0.5) is 0 Å². The Balaban J connectivity index is 1.68. The Morgan fingerprint density at radius 1 is 1.24 bits per heavy atom. The van der Waals surface area contributed by atoms with Crippen LogP contribution in [0, 0.1) is 0 Å². The Labute approximate surface area is 147 Å². The molecule has 1 aromatic heterocycles. The fourth-order valence-electron chi connectivity index (χ4n) is 2.94. The molecule has 1 N–H and O–H groups in total. The van der Waals surface area contributed by atoms with E-state index in [2.05, 4.69) is 45.1 Å². The van der Waals surface area contributed by atoms with Gasteiger partial charge in [0, 0.05) is 18.6 Å². The Morgan fingerprint density at radius 2 is 2.12 bits per heavy atom. The maximum Gasteiger partial charge on any atom is 0.171 e. The highest BCUT2D eigenvalue weighted by atomic mass is 15.3. The summed E-state index contributed by atoms with van der Waals surface area (Å²) in [5.41, 5.74) is 3.20. The molecule has 0 bridgehead atoms. The van der Waals surface area contributed by atoms with Gasteiger partial charge >= 0.3 is 0 Å². The fraction of sp³-hybridized carbons (Fsp3) is 0.150. The van der Waals surface area contributed by atoms with E-state index in [1.165, 1.54) is 0 Å². The first-order chi connectivity index (χ1) is 12.3. The van der Waals surface area contributed by atoms with Gasteiger partial charge in [-0.3, -0.25) is 15.0 Å². The van der Waals surface area contributed by atoms with Crippen LogP contribution in [0.2, 0.25) is 0 Å². The van der Waals surface area contributed by atoms with Gasteiger partial charge in [0.05, 0.1) is 24.8 Å². The van der Waals surface area contributed by atoms with Gasteiger partial charge in [-0.1, -0.05) is 42.5 Å². The van der Waals surface area contributed by atoms with E-state index in [0.717, 1.165) is 28.5 Å². The molecule has 0 saturated carbocycles. The second-order valence-electron chi connectivity index (χ2n) is 5.93. The molecule has 1 aromatic carbocycles. The molecule has 1 unspecified atom stereocenters. The predicted molar refractivity (Wildman–Crippen MR) is 101 cm³/mol. The lowest BCUT2D eigenvalue weighted by atomic mass is 10.1. The zero-order valence-corrected chi connectivity index (χ0v) is 13.8. The first kappa shape index (κ1) is 15.3. The van der Waals surface area contributed by atoms with E-state index in [1.807, 2.05) is 42.6 Å². The normalized spacial score (nSPS) is 20.6. The molecule has 5 nitrogen and oxygen atoms in total. The minimum atomic E-state index is 0.166. The summed E-state index contributed by atoms with van der Waals surface area (Å²) in [6, 6.07) is 14.4. The third kappa shape index (κ3) is 3.08. The lowest BCUT2D eigenvalue weighted by molar-refractivity contribution is 0.515. The van der Waals surface area contributed by atoms with E-state index in [1.54, 1.807) is 6.20 Å². The average Bonchev–Trinajstić information content (AvgIpc) is 3.11. The van der Waals surface area contributed by atoms with Crippen molar-refractivity contribution in [3.8, 4) is 0 Å². The average molecular weight is 329 g/mol. The van der Waals surface area contributed by atoms with Gasteiger partial charge < -0.3 is 10.2 Å². The fourth-order valence-corrected chi connectivity index (χ4v) is 2.94. The minimum absolute atomic E-state index is 0.166. The Kier molecular flexibility index (Phi) is 4.12. The van der Waals surface area contributed by atoms with Gasteiger partial charge in [-0.15, -0.1) is 6.58 Å². The molecule has 3 heterocycles. The predicted octanol–water partition coefficient (Wildman–Crippen LogP) is 2.85. The van der Waals surface area contributed by atoms with Gasteiger partial charge in [0.2, 0.25) is 0 Å². The molecule has 0 spiro atoms. The van der Waals surface area contributed by atoms with Crippen LogP contribution >= 0.6 is 0 Å². The van der Waals surface area contributed by atoms with Gasteiger partial charge in [-0.25, -0.2) is 0 Å². The molecule has 0 aliphatic carbocycles. The van der Waals surface area contributed by atoms with Crippen LogP contribution in [0.15, 0.2) is 83.7 Å². The maximum absolute atomic E-state index is 4.76. The topological polar surface area (TPSA) is 52.9 Å². The number of aromatic nitrogens is 1. The number of rotatable bonds is 4. The van der Waals surface area contributed by atoms with Crippen LogP contribution in [0.1, 0.15) is 11.1 Å². The van der Waals surface area contributed by atoms with Crippen molar-refractivity contribution >= 4 is 17.4 Å². The van der Waals surface area contributed by atoms with Gasteiger partial charge in [-0.05, 0) is 17.2 Å². The Bertz CT molecular complexity index is 852. The van der Waals surface area contributed by atoms with Crippen molar-refractivity contribution in [2.45, 2.75) is 12.6 Å². The highest BCUT2D eigenvalue weighted by molar-refractivity contribution is 6.43. The van der Waals surface area contributed by atoms with E-state index >= 15 is 0 Å². The van der Waals surface area contributed by atoms with E-state index in [9.17, 15) is 0 Å². The summed E-state index contributed by atoms with van der Waals surface area (Å²) in [5, 5.41) is 3.44. The van der Waals surface area contributed by atoms with Crippen molar-refractivity contribution in [2.24, 2.45) is 9.98 Å². The molecule has 124 valence electrons. The Morgan fingerprint density at radius 3 is 2.88 bits per heavy atom. The summed E-state index contributed by atoms with van der Waals surface area (Å²) < 4.78 is 0. The monoisotopic (exact) mass is 329 g/mol. The molecule has 1 atom stereocenters. The molecule has 2 aliphatic heterocycles. The van der Waals surface area contributed by atoms with Gasteiger partial charge in [0.25, 0.3) is 0 Å². The number of benzene rings is 1. The highest BCUT2D eigenvalue weighted by Gasteiger charge is 2.32. The molecule has 0 amide bonds. The smallest absolute Gasteiger partial charge is 0.171 e. The Hall–Kier alpha value is -3.21. The number of nitrogens with zero attached hydrogens (tertiary/aromatic N) is 4. The zero-order valence-electron chi connectivity index (χ0n) is 13.8. The second kappa shape index (κ2) is 6.73. The lowest BCUT2D eigenvalue weighted by Crippen LogP contribution is -2.45. The number of nitrogens with one attached hydrogen (secondary N) is 1. The molecular weight excluding hydrogens is 310 g/mol. The van der Waals surface area contributed by atoms with E-state index in [0.29, 0.717) is 13.1 Å². The molecule has 0 fully saturated rings. The molecule has 5 heteroatoms. The summed E-state index contributed by atoms with van der Waals surface area (Å²) in [6.45, 7) is 5.20. The standard InChI is InChI=1S/C20H19N5/c1-2-17-13-23-20-19(22-12-15-7-6-10-21-11-15)24-18(14-25(17)20)16-8-4-3-5-9-16/h2-11,14,17H,1,12-13H2,(H,22,24). The first-order valence-electron chi connectivity index (χ1n) is 8.28. The van der Waals surface area contributed by atoms with E-state index in [4.69, 9.17) is 4.99 Å². The number of hydrogen-bond donors (Lipinski definition) is 1. The molecule has 4 rings (SSSR count). The van der Waals surface area contributed by atoms with Gasteiger partial charge in [0.15, 0.2) is 11.7 Å². The van der Waals surface area contributed by atoms with Crippen molar-refractivity contribution in [2.75, 3.05) is 6.54 Å². The number of hydrogen-bond acceptors (Lipinski definition) is 4. The first-order valence-corrected chi connectivity index (χ1v) is 8.28. The zero-order chi connectivity index (χ0) is 17.1. The molecule has 2 aliphatic rings. The molecular formula is C20H19N5. The minimum Gasteiger partial charge on any atom is -0.336 e. The van der Waals surface area contributed by atoms with Crippen LogP contribution in [-0.4, -0.2) is 34.1 Å². The van der Waals surface area contributed by atoms with Gasteiger partial charge in [0.1, 0.15) is 0 Å². The third-order valence-corrected chi connectivity index (χ3v) is 4.26. The summed E-state index contributed by atoms with van der Waals surface area (Å²) >= 11 is 0. The largest absolute Gasteiger partial charge is 0.336 e. The summed E-state index contributed by atoms with van der Waals surface area (Å²) in [5.74, 6) is 1.66. The summed E-state index contributed by atoms with van der Waals surface area (Å²) in [6.07, 6.45) is 7.63. The number of amidine groups is 2. The number of pyridine rings is 1. The third-order valence-electron chi connectivity index (χ3n) is 4.26. The number of aliphatic imine (C=N–C) groups is 2. The summed E-state index contributed by atoms with van der Waals surface area (Å²) in [4.78, 5) is 15.7. The van der Waals surface area contributed by atoms with Crippen molar-refractivity contribution in [1.29, 1.82) is 0 Å². The van der Waals surface area contributed by atoms with Crippen LogP contribution in [0.5, 0.6) is 0 Å². The van der Waals surface area contributed by atoms with Crippen LogP contribution < -0.4 is 5.32 Å². The SMILES string of the molecule is C=CC1CN=C2C(=NCc3cccnc3)NC(c3ccccc3)=CN21. The van der Waals surface area contributed by atoms with Gasteiger partial charge in [-0.2, -0.15) is 0 Å². The molecule has 0 radical (unpaired) electrons. The quantitative estimate of drug-likeness (QED) is 0.878. The maximum atomic E-state index is 4.76. The van der Waals surface area contributed by atoms with Crippen LogP contribution in [-0.2, 0) is 6.54 Å². The van der Waals surface area contributed by atoms with Crippen LogP contribution in [0.3, 0.4) is 0 Å². The van der Waals surface area contributed by atoms with E-state index in [-0.39, 0.29) is 6.04 Å². The van der Waals surface area contributed by atoms with Crippen molar-refractivity contribution < 1.29 is 0 Å². The van der Waals surface area contributed by atoms with E-state index < -0.39 is 0 Å². The van der Waals surface area contributed by atoms with Crippen molar-refractivity contribution in [1.82, 2.24) is 15.2 Å². The van der Waals surface area contributed by atoms with Crippen molar-refractivity contribution in [3.05, 3.63) is 84.8 Å². The van der Waals surface area contributed by atoms with Crippen LogP contribution in [0.25, 0.3) is 5.70 Å². The lowest BCUT2D eigenvalue weighted by Gasteiger charge is -2.29. The number of fused-ring (bicyclic) bond motifs is 1. The molecule has 25 heavy (non-hydrogen) atoms. The molecule has 2 aromatic rings. The van der Waals surface area contributed by atoms with Crippen molar-refractivity contribution in [3.63, 3.8) is 0 Å². The second-order valence-corrected chi connectivity index (χ2v) is 5.93. The molecule has 0 saturated heterocycles. The summed E-state index contributed by atoms with van der Waals surface area (Å²) in [7, 11) is 0. The highest BCUT2D eigenvalue weighted by Crippen LogP contribution is 2.23.